The maximum Gasteiger partial charge on any atom is 0.225 e. The standard InChI is InChI=1S/C22H26ClN3S/c1-13(2)16-8-10-17(11-9-16)18-12-27-21-19(18)20(24-22(23)25-21)26-14(3)6-5-7-15(26)4/h8-15H,5-7H2,1-4H3. The lowest BCUT2D eigenvalue weighted by Crippen LogP contribution is -2.44. The summed E-state index contributed by atoms with van der Waals surface area (Å²) in [5.74, 6) is 1.53. The zero-order valence-corrected chi connectivity index (χ0v) is 17.9. The smallest absolute Gasteiger partial charge is 0.225 e. The summed E-state index contributed by atoms with van der Waals surface area (Å²) in [4.78, 5) is 12.7. The van der Waals surface area contributed by atoms with E-state index in [1.807, 2.05) is 0 Å². The Morgan fingerprint density at radius 3 is 2.37 bits per heavy atom. The molecular weight excluding hydrogens is 374 g/mol. The highest BCUT2D eigenvalue weighted by atomic mass is 35.5. The number of aromatic nitrogens is 2. The van der Waals surface area contributed by atoms with Crippen molar-refractivity contribution in [1.82, 2.24) is 9.97 Å². The minimum Gasteiger partial charge on any atom is -0.351 e. The second-order valence-electron chi connectivity index (χ2n) is 7.96. The predicted molar refractivity (Wildman–Crippen MR) is 117 cm³/mol. The topological polar surface area (TPSA) is 29.0 Å². The molecule has 0 bridgehead atoms. The molecule has 0 aliphatic carbocycles. The normalized spacial score (nSPS) is 20.6. The number of halogens is 1. The highest BCUT2D eigenvalue weighted by molar-refractivity contribution is 7.17. The number of hydrogen-bond donors (Lipinski definition) is 0. The summed E-state index contributed by atoms with van der Waals surface area (Å²) in [5, 5.41) is 3.68. The number of anilines is 1. The molecule has 3 nitrogen and oxygen atoms in total. The van der Waals surface area contributed by atoms with Gasteiger partial charge in [0.25, 0.3) is 0 Å². The lowest BCUT2D eigenvalue weighted by Gasteiger charge is -2.40. The molecule has 0 N–H and O–H groups in total. The lowest BCUT2D eigenvalue weighted by molar-refractivity contribution is 0.412. The third kappa shape index (κ3) is 3.45. The van der Waals surface area contributed by atoms with Gasteiger partial charge in [-0.2, -0.15) is 4.98 Å². The van der Waals surface area contributed by atoms with E-state index in [1.165, 1.54) is 36.0 Å². The molecule has 5 heteroatoms. The van der Waals surface area contributed by atoms with Crippen molar-refractivity contribution in [3.05, 3.63) is 40.5 Å². The van der Waals surface area contributed by atoms with Crippen LogP contribution in [0.25, 0.3) is 21.3 Å². The second-order valence-corrected chi connectivity index (χ2v) is 9.15. The van der Waals surface area contributed by atoms with Crippen LogP contribution in [0.3, 0.4) is 0 Å². The van der Waals surface area contributed by atoms with Crippen molar-refractivity contribution in [2.45, 2.75) is 65.0 Å². The fourth-order valence-electron chi connectivity index (χ4n) is 4.18. The minimum absolute atomic E-state index is 0.339. The molecule has 0 amide bonds. The van der Waals surface area contributed by atoms with E-state index in [-0.39, 0.29) is 0 Å². The van der Waals surface area contributed by atoms with Crippen LogP contribution in [0.5, 0.6) is 0 Å². The first-order chi connectivity index (χ1) is 13.0. The van der Waals surface area contributed by atoms with Crippen molar-refractivity contribution in [2.75, 3.05) is 4.90 Å². The number of benzene rings is 1. The van der Waals surface area contributed by atoms with E-state index < -0.39 is 0 Å². The van der Waals surface area contributed by atoms with Crippen LogP contribution in [-0.4, -0.2) is 22.1 Å². The largest absolute Gasteiger partial charge is 0.351 e. The number of nitrogens with zero attached hydrogens (tertiary/aromatic N) is 3. The number of hydrogen-bond acceptors (Lipinski definition) is 4. The highest BCUT2D eigenvalue weighted by Gasteiger charge is 2.29. The van der Waals surface area contributed by atoms with Gasteiger partial charge in [0, 0.05) is 23.0 Å². The van der Waals surface area contributed by atoms with E-state index in [0.717, 1.165) is 16.0 Å². The van der Waals surface area contributed by atoms with Crippen LogP contribution in [0.1, 0.15) is 58.4 Å². The number of piperidine rings is 1. The summed E-state index contributed by atoms with van der Waals surface area (Å²) in [6.45, 7) is 9.03. The zero-order chi connectivity index (χ0) is 19.1. The van der Waals surface area contributed by atoms with Crippen molar-refractivity contribution in [3.8, 4) is 11.1 Å². The monoisotopic (exact) mass is 399 g/mol. The first-order valence-electron chi connectivity index (χ1n) is 9.79. The Morgan fingerprint density at radius 1 is 1.07 bits per heavy atom. The fraction of sp³-hybridized carbons (Fsp3) is 0.455. The molecule has 2 atom stereocenters. The number of rotatable bonds is 3. The van der Waals surface area contributed by atoms with Gasteiger partial charge in [-0.3, -0.25) is 0 Å². The van der Waals surface area contributed by atoms with Crippen molar-refractivity contribution in [2.24, 2.45) is 0 Å². The van der Waals surface area contributed by atoms with Gasteiger partial charge < -0.3 is 4.90 Å². The molecule has 3 heterocycles. The average Bonchev–Trinajstić information content (AvgIpc) is 3.05. The number of thiophene rings is 1. The van der Waals surface area contributed by atoms with Crippen molar-refractivity contribution >= 4 is 39.0 Å². The van der Waals surface area contributed by atoms with E-state index >= 15 is 0 Å². The van der Waals surface area contributed by atoms with E-state index in [4.69, 9.17) is 16.6 Å². The van der Waals surface area contributed by atoms with Crippen molar-refractivity contribution < 1.29 is 0 Å². The summed E-state index contributed by atoms with van der Waals surface area (Å²) in [6.07, 6.45) is 3.65. The Morgan fingerprint density at radius 2 is 1.74 bits per heavy atom. The first kappa shape index (κ1) is 18.7. The fourth-order valence-corrected chi connectivity index (χ4v) is 5.34. The van der Waals surface area contributed by atoms with Crippen LogP contribution in [0, 0.1) is 0 Å². The van der Waals surface area contributed by atoms with Gasteiger partial charge >= 0.3 is 0 Å². The average molecular weight is 400 g/mol. The van der Waals surface area contributed by atoms with Crippen LogP contribution in [0.15, 0.2) is 29.6 Å². The Labute approximate surface area is 170 Å². The SMILES string of the molecule is CC(C)c1ccc(-c2csc3nc(Cl)nc(N4C(C)CCCC4C)c23)cc1. The maximum atomic E-state index is 6.31. The Kier molecular flexibility index (Phi) is 5.13. The van der Waals surface area contributed by atoms with Crippen molar-refractivity contribution in [3.63, 3.8) is 0 Å². The van der Waals surface area contributed by atoms with E-state index in [1.54, 1.807) is 11.3 Å². The lowest BCUT2D eigenvalue weighted by atomic mass is 9.96. The predicted octanol–water partition coefficient (Wildman–Crippen LogP) is 6.90. The molecule has 1 aliphatic rings. The van der Waals surface area contributed by atoms with Crippen LogP contribution >= 0.6 is 22.9 Å². The highest BCUT2D eigenvalue weighted by Crippen LogP contribution is 2.41. The van der Waals surface area contributed by atoms with Gasteiger partial charge in [0.2, 0.25) is 5.28 Å². The number of fused-ring (bicyclic) bond motifs is 1. The van der Waals surface area contributed by atoms with E-state index in [0.29, 0.717) is 23.3 Å². The molecule has 1 fully saturated rings. The molecule has 0 saturated carbocycles. The van der Waals surface area contributed by atoms with Crippen LogP contribution in [0.2, 0.25) is 5.28 Å². The van der Waals surface area contributed by atoms with Gasteiger partial charge in [-0.15, -0.1) is 11.3 Å². The molecule has 0 radical (unpaired) electrons. The van der Waals surface area contributed by atoms with Gasteiger partial charge in [0.05, 0.1) is 5.39 Å². The summed E-state index contributed by atoms with van der Waals surface area (Å²) in [5.41, 5.74) is 3.79. The third-order valence-electron chi connectivity index (χ3n) is 5.71. The molecule has 27 heavy (non-hydrogen) atoms. The Balaban J connectivity index is 1.88. The molecule has 2 unspecified atom stereocenters. The molecule has 1 saturated heterocycles. The molecule has 0 spiro atoms. The Bertz CT molecular complexity index is 938. The summed E-state index contributed by atoms with van der Waals surface area (Å²) in [6, 6.07) is 9.81. The van der Waals surface area contributed by atoms with Crippen LogP contribution < -0.4 is 4.90 Å². The zero-order valence-electron chi connectivity index (χ0n) is 16.4. The molecular formula is C22H26ClN3S. The maximum absolute atomic E-state index is 6.31. The Hall–Kier alpha value is -1.65. The van der Waals surface area contributed by atoms with Gasteiger partial charge in [-0.05, 0) is 61.8 Å². The quantitative estimate of drug-likeness (QED) is 0.448. The van der Waals surface area contributed by atoms with Crippen LogP contribution in [0.4, 0.5) is 5.82 Å². The van der Waals surface area contributed by atoms with Gasteiger partial charge in [0.1, 0.15) is 10.6 Å². The van der Waals surface area contributed by atoms with Gasteiger partial charge in [-0.25, -0.2) is 4.98 Å². The molecule has 1 aromatic carbocycles. The summed E-state index contributed by atoms with van der Waals surface area (Å²) in [7, 11) is 0. The molecule has 1 aliphatic heterocycles. The van der Waals surface area contributed by atoms with E-state index in [9.17, 15) is 0 Å². The summed E-state index contributed by atoms with van der Waals surface area (Å²) >= 11 is 7.96. The molecule has 3 aromatic rings. The molecule has 2 aromatic heterocycles. The van der Waals surface area contributed by atoms with E-state index in [2.05, 4.69) is 67.2 Å². The molecule has 4 rings (SSSR count). The molecule has 142 valence electrons. The second kappa shape index (κ2) is 7.40. The first-order valence-corrected chi connectivity index (χ1v) is 11.0. The third-order valence-corrected chi connectivity index (χ3v) is 6.75. The minimum atomic E-state index is 0.339. The van der Waals surface area contributed by atoms with Gasteiger partial charge in [-0.1, -0.05) is 38.1 Å². The van der Waals surface area contributed by atoms with Crippen LogP contribution in [-0.2, 0) is 0 Å². The van der Waals surface area contributed by atoms with Crippen molar-refractivity contribution in [1.29, 1.82) is 0 Å². The van der Waals surface area contributed by atoms with Gasteiger partial charge in [0.15, 0.2) is 0 Å². The summed E-state index contributed by atoms with van der Waals surface area (Å²) < 4.78 is 0.